The van der Waals surface area contributed by atoms with Gasteiger partial charge < -0.3 is 14.4 Å². The van der Waals surface area contributed by atoms with Crippen LogP contribution in [0, 0.1) is 5.92 Å². The van der Waals surface area contributed by atoms with Gasteiger partial charge in [-0.25, -0.2) is 4.79 Å². The molecule has 0 bridgehead atoms. The van der Waals surface area contributed by atoms with Gasteiger partial charge >= 0.3 is 6.03 Å². The molecule has 3 aliphatic heterocycles. The highest BCUT2D eigenvalue weighted by Crippen LogP contribution is 2.31. The molecule has 1 unspecified atom stereocenters. The zero-order valence-corrected chi connectivity index (χ0v) is 18.0. The number of anilines is 1. The molecule has 3 heterocycles. The number of fused-ring (bicyclic) bond motifs is 1. The minimum Gasteiger partial charge on any atom is -0.486 e. The lowest BCUT2D eigenvalue weighted by Gasteiger charge is -2.36. The second-order valence-electron chi connectivity index (χ2n) is 8.79. The molecule has 2 aromatic rings. The van der Waals surface area contributed by atoms with Crippen LogP contribution in [-0.4, -0.2) is 67.8 Å². The van der Waals surface area contributed by atoms with Gasteiger partial charge in [-0.05, 0) is 62.5 Å². The Kier molecular flexibility index (Phi) is 5.98. The zero-order valence-electron chi connectivity index (χ0n) is 18.0. The summed E-state index contributed by atoms with van der Waals surface area (Å²) >= 11 is 0. The summed E-state index contributed by atoms with van der Waals surface area (Å²) in [5, 5.41) is 0. The van der Waals surface area contributed by atoms with Crippen LogP contribution in [0.1, 0.15) is 19.3 Å². The number of hydrogen-bond donors (Lipinski definition) is 0. The highest BCUT2D eigenvalue weighted by molar-refractivity contribution is 5.94. The molecule has 0 saturated carbocycles. The summed E-state index contributed by atoms with van der Waals surface area (Å²) in [6, 6.07) is 18.0. The summed E-state index contributed by atoms with van der Waals surface area (Å²) in [7, 11) is 0. The van der Waals surface area contributed by atoms with Crippen molar-refractivity contribution < 1.29 is 14.3 Å². The fourth-order valence-electron chi connectivity index (χ4n) is 4.87. The maximum absolute atomic E-state index is 12.8. The number of para-hydroxylation sites is 3. The van der Waals surface area contributed by atoms with Gasteiger partial charge in [-0.2, -0.15) is 0 Å². The molecule has 2 saturated heterocycles. The standard InChI is InChI=1S/C25H31N3O3/c29-25-27(16-17-28(25)21-6-2-1-3-7-21)15-12-20-10-13-26(14-11-20)18-22-19-30-23-8-4-5-9-24(23)31-22/h1-9,20,22H,10-19H2. The van der Waals surface area contributed by atoms with Crippen LogP contribution in [0.25, 0.3) is 0 Å². The largest absolute Gasteiger partial charge is 0.486 e. The zero-order chi connectivity index (χ0) is 21.0. The molecule has 0 aromatic heterocycles. The molecular weight excluding hydrogens is 390 g/mol. The first-order chi connectivity index (χ1) is 15.3. The van der Waals surface area contributed by atoms with Crippen molar-refractivity contribution in [3.63, 3.8) is 0 Å². The van der Waals surface area contributed by atoms with Gasteiger partial charge in [-0.3, -0.25) is 9.80 Å². The molecule has 1 atom stereocenters. The molecular formula is C25H31N3O3. The van der Waals surface area contributed by atoms with E-state index in [4.69, 9.17) is 9.47 Å². The molecule has 0 N–H and O–H groups in total. The third-order valence-electron chi connectivity index (χ3n) is 6.71. The monoisotopic (exact) mass is 421 g/mol. The summed E-state index contributed by atoms with van der Waals surface area (Å²) in [6.07, 6.45) is 3.57. The molecule has 2 aromatic carbocycles. The minimum atomic E-state index is 0.0950. The summed E-state index contributed by atoms with van der Waals surface area (Å²) in [5.74, 6) is 2.40. The van der Waals surface area contributed by atoms with E-state index in [1.807, 2.05) is 64.4 Å². The number of likely N-dealkylation sites (tertiary alicyclic amines) is 1. The van der Waals surface area contributed by atoms with E-state index < -0.39 is 0 Å². The highest BCUT2D eigenvalue weighted by Gasteiger charge is 2.31. The molecule has 0 aliphatic carbocycles. The Labute approximate surface area is 184 Å². The topological polar surface area (TPSA) is 45.3 Å². The Bertz CT molecular complexity index is 883. The van der Waals surface area contributed by atoms with Crippen molar-refractivity contribution >= 4 is 11.7 Å². The fourth-order valence-corrected chi connectivity index (χ4v) is 4.87. The Morgan fingerprint density at radius 2 is 1.61 bits per heavy atom. The average Bonchev–Trinajstić information content (AvgIpc) is 3.19. The Morgan fingerprint density at radius 1 is 0.871 bits per heavy atom. The van der Waals surface area contributed by atoms with Crippen molar-refractivity contribution in [3.8, 4) is 11.5 Å². The molecule has 3 aliphatic rings. The SMILES string of the molecule is O=C1N(CCC2CCN(CC3COc4ccccc4O3)CC2)CCN1c1ccccc1. The van der Waals surface area contributed by atoms with Crippen molar-refractivity contribution in [2.24, 2.45) is 5.92 Å². The van der Waals surface area contributed by atoms with E-state index in [0.717, 1.165) is 62.9 Å². The normalized spacial score (nSPS) is 22.2. The van der Waals surface area contributed by atoms with Gasteiger partial charge in [-0.1, -0.05) is 30.3 Å². The van der Waals surface area contributed by atoms with E-state index in [-0.39, 0.29) is 12.1 Å². The fraction of sp³-hybridized carbons (Fsp3) is 0.480. The second kappa shape index (κ2) is 9.18. The summed E-state index contributed by atoms with van der Waals surface area (Å²) in [4.78, 5) is 19.2. The van der Waals surface area contributed by atoms with E-state index in [1.54, 1.807) is 0 Å². The first-order valence-corrected chi connectivity index (χ1v) is 11.5. The lowest BCUT2D eigenvalue weighted by Crippen LogP contribution is -2.44. The van der Waals surface area contributed by atoms with Gasteiger partial charge in [0.15, 0.2) is 11.5 Å². The van der Waals surface area contributed by atoms with Crippen LogP contribution in [0.5, 0.6) is 11.5 Å². The number of rotatable bonds is 6. The third kappa shape index (κ3) is 4.64. The number of urea groups is 1. The van der Waals surface area contributed by atoms with Gasteiger partial charge in [0.2, 0.25) is 0 Å². The van der Waals surface area contributed by atoms with Crippen LogP contribution in [-0.2, 0) is 0 Å². The van der Waals surface area contributed by atoms with Crippen LogP contribution >= 0.6 is 0 Å². The second-order valence-corrected chi connectivity index (χ2v) is 8.79. The third-order valence-corrected chi connectivity index (χ3v) is 6.71. The van der Waals surface area contributed by atoms with E-state index in [1.165, 1.54) is 12.8 Å². The van der Waals surface area contributed by atoms with Crippen molar-refractivity contribution in [2.75, 3.05) is 50.8 Å². The number of amides is 2. The van der Waals surface area contributed by atoms with E-state index in [0.29, 0.717) is 12.5 Å². The van der Waals surface area contributed by atoms with Gasteiger partial charge in [0.05, 0.1) is 0 Å². The molecule has 5 rings (SSSR count). The van der Waals surface area contributed by atoms with Crippen LogP contribution in [0.4, 0.5) is 10.5 Å². The molecule has 0 radical (unpaired) electrons. The first kappa shape index (κ1) is 20.2. The highest BCUT2D eigenvalue weighted by atomic mass is 16.6. The predicted molar refractivity (Wildman–Crippen MR) is 121 cm³/mol. The van der Waals surface area contributed by atoms with Gasteiger partial charge in [0.1, 0.15) is 12.7 Å². The van der Waals surface area contributed by atoms with E-state index in [9.17, 15) is 4.79 Å². The minimum absolute atomic E-state index is 0.0950. The number of carbonyl (C=O) groups is 1. The number of nitrogens with zero attached hydrogens (tertiary/aromatic N) is 3. The lowest BCUT2D eigenvalue weighted by atomic mass is 9.93. The van der Waals surface area contributed by atoms with E-state index >= 15 is 0 Å². The van der Waals surface area contributed by atoms with Gasteiger partial charge in [0.25, 0.3) is 0 Å². The number of piperidine rings is 1. The lowest BCUT2D eigenvalue weighted by molar-refractivity contribution is 0.0468. The summed E-state index contributed by atoms with van der Waals surface area (Å²) < 4.78 is 12.0. The molecule has 2 amide bonds. The van der Waals surface area contributed by atoms with Crippen molar-refractivity contribution in [1.82, 2.24) is 9.80 Å². The number of carbonyl (C=O) groups excluding carboxylic acids is 1. The van der Waals surface area contributed by atoms with Gasteiger partial charge in [0, 0.05) is 31.9 Å². The van der Waals surface area contributed by atoms with E-state index in [2.05, 4.69) is 4.90 Å². The van der Waals surface area contributed by atoms with Crippen molar-refractivity contribution in [1.29, 1.82) is 0 Å². The first-order valence-electron chi connectivity index (χ1n) is 11.5. The number of benzene rings is 2. The summed E-state index contributed by atoms with van der Waals surface area (Å²) in [5.41, 5.74) is 1.000. The molecule has 6 nitrogen and oxygen atoms in total. The molecule has 6 heteroatoms. The Morgan fingerprint density at radius 3 is 2.42 bits per heavy atom. The molecule has 2 fully saturated rings. The van der Waals surface area contributed by atoms with Crippen LogP contribution in [0.15, 0.2) is 54.6 Å². The van der Waals surface area contributed by atoms with Crippen LogP contribution in [0.3, 0.4) is 0 Å². The molecule has 0 spiro atoms. The van der Waals surface area contributed by atoms with Crippen LogP contribution in [0.2, 0.25) is 0 Å². The number of hydrogen-bond acceptors (Lipinski definition) is 4. The predicted octanol–water partition coefficient (Wildman–Crippen LogP) is 3.87. The number of ether oxygens (including phenoxy) is 2. The average molecular weight is 422 g/mol. The van der Waals surface area contributed by atoms with Crippen molar-refractivity contribution in [2.45, 2.75) is 25.4 Å². The Hall–Kier alpha value is -2.73. The quantitative estimate of drug-likeness (QED) is 0.710. The molecule has 164 valence electrons. The van der Waals surface area contributed by atoms with Crippen LogP contribution < -0.4 is 14.4 Å². The smallest absolute Gasteiger partial charge is 0.324 e. The maximum Gasteiger partial charge on any atom is 0.324 e. The Balaban J connectivity index is 1.04. The van der Waals surface area contributed by atoms with Crippen molar-refractivity contribution in [3.05, 3.63) is 54.6 Å². The molecule has 31 heavy (non-hydrogen) atoms. The maximum atomic E-state index is 12.8. The van der Waals surface area contributed by atoms with Gasteiger partial charge in [-0.15, -0.1) is 0 Å². The summed E-state index contributed by atoms with van der Waals surface area (Å²) in [6.45, 7) is 6.19.